The summed E-state index contributed by atoms with van der Waals surface area (Å²) in [6.07, 6.45) is 7.73. The van der Waals surface area contributed by atoms with Crippen LogP contribution in [0.4, 0.5) is 9.59 Å². The molecule has 4 aromatic rings. The predicted molar refractivity (Wildman–Crippen MR) is 224 cm³/mol. The van der Waals surface area contributed by atoms with Crippen molar-refractivity contribution in [2.24, 2.45) is 17.8 Å². The van der Waals surface area contributed by atoms with Gasteiger partial charge >= 0.3 is 12.2 Å². The molecule has 0 spiro atoms. The number of hydrogen-bond acceptors (Lipinski definition) is 8. The van der Waals surface area contributed by atoms with Crippen molar-refractivity contribution in [3.63, 3.8) is 0 Å². The normalized spacial score (nSPS) is 20.2. The first-order chi connectivity index (χ1) is 28.2. The highest BCUT2D eigenvalue weighted by Crippen LogP contribution is 2.50. The number of methoxy groups -OCH3 is 2. The number of carbonyl (C=O) groups is 4. The van der Waals surface area contributed by atoms with Gasteiger partial charge in [-0.05, 0) is 89.0 Å². The minimum absolute atomic E-state index is 0.00444. The highest BCUT2D eigenvalue weighted by molar-refractivity contribution is 5.88. The van der Waals surface area contributed by atoms with Crippen LogP contribution < -0.4 is 16.0 Å². The van der Waals surface area contributed by atoms with Crippen molar-refractivity contribution in [2.45, 2.75) is 110 Å². The number of nitrogens with one attached hydrogen (secondary N) is 5. The summed E-state index contributed by atoms with van der Waals surface area (Å²) in [6.45, 7) is 12.7. The zero-order valence-corrected chi connectivity index (χ0v) is 35.4. The number of alkyl carbamates (subject to hydrolysis) is 2. The Balaban J connectivity index is 1.04. The molecule has 3 heterocycles. The van der Waals surface area contributed by atoms with Crippen molar-refractivity contribution in [2.75, 3.05) is 20.8 Å². The first kappa shape index (κ1) is 41.5. The van der Waals surface area contributed by atoms with E-state index in [2.05, 4.69) is 76.2 Å². The van der Waals surface area contributed by atoms with Crippen LogP contribution in [0.3, 0.4) is 0 Å². The van der Waals surface area contributed by atoms with E-state index in [1.54, 1.807) is 0 Å². The molecule has 2 fully saturated rings. The minimum Gasteiger partial charge on any atom is -0.453 e. The number of fused-ring (bicyclic) bond motifs is 3. The Labute approximate surface area is 346 Å². The third-order valence-electron chi connectivity index (χ3n) is 12.6. The van der Waals surface area contributed by atoms with E-state index in [4.69, 9.17) is 19.4 Å². The Morgan fingerprint density at radius 1 is 0.797 bits per heavy atom. The topological polar surface area (TPSA) is 183 Å². The summed E-state index contributed by atoms with van der Waals surface area (Å²) in [5.74, 6) is 1.32. The molecule has 1 saturated heterocycles. The van der Waals surface area contributed by atoms with E-state index in [0.717, 1.165) is 66.3 Å². The number of benzene rings is 2. The van der Waals surface area contributed by atoms with Crippen molar-refractivity contribution in [3.05, 3.63) is 71.6 Å². The Morgan fingerprint density at radius 3 is 2.00 bits per heavy atom. The van der Waals surface area contributed by atoms with Crippen LogP contribution >= 0.6 is 0 Å². The second kappa shape index (κ2) is 16.9. The van der Waals surface area contributed by atoms with E-state index in [0.29, 0.717) is 13.0 Å². The molecule has 0 radical (unpaired) electrons. The van der Waals surface area contributed by atoms with Gasteiger partial charge in [0.2, 0.25) is 11.8 Å². The van der Waals surface area contributed by atoms with Crippen molar-refractivity contribution in [3.8, 4) is 33.6 Å². The summed E-state index contributed by atoms with van der Waals surface area (Å²) in [5.41, 5.74) is 8.50. The molecule has 59 heavy (non-hydrogen) atoms. The first-order valence-corrected chi connectivity index (χ1v) is 20.9. The van der Waals surface area contributed by atoms with Gasteiger partial charge in [0.1, 0.15) is 23.7 Å². The van der Waals surface area contributed by atoms with Gasteiger partial charge in [0.15, 0.2) is 0 Å². The largest absolute Gasteiger partial charge is 0.453 e. The summed E-state index contributed by atoms with van der Waals surface area (Å²) in [5, 5.41) is 8.60. The molecule has 7 rings (SSSR count). The number of hydrogen-bond donors (Lipinski definition) is 5. The summed E-state index contributed by atoms with van der Waals surface area (Å²) >= 11 is 0. The third-order valence-corrected chi connectivity index (χ3v) is 12.6. The van der Waals surface area contributed by atoms with Gasteiger partial charge in [-0.2, -0.15) is 0 Å². The molecular formula is C45H58N8O6. The van der Waals surface area contributed by atoms with E-state index < -0.39 is 24.3 Å². The maximum atomic E-state index is 13.7. The maximum Gasteiger partial charge on any atom is 0.407 e. The van der Waals surface area contributed by atoms with Gasteiger partial charge in [0.25, 0.3) is 0 Å². The summed E-state index contributed by atoms with van der Waals surface area (Å²) < 4.78 is 9.53. The second-order valence-corrected chi connectivity index (χ2v) is 17.5. The average molecular weight is 807 g/mol. The van der Waals surface area contributed by atoms with Gasteiger partial charge < -0.3 is 40.3 Å². The van der Waals surface area contributed by atoms with Crippen LogP contribution in [0.1, 0.15) is 102 Å². The molecule has 2 aromatic carbocycles. The molecule has 3 aliphatic rings. The molecule has 14 nitrogen and oxygen atoms in total. The lowest BCUT2D eigenvalue weighted by atomic mass is 9.81. The van der Waals surface area contributed by atoms with Crippen molar-refractivity contribution in [1.29, 1.82) is 0 Å². The Bertz CT molecular complexity index is 2210. The molecule has 5 N–H and O–H groups in total. The Morgan fingerprint density at radius 2 is 1.39 bits per heavy atom. The molecule has 1 saturated carbocycles. The number of H-pyrrole nitrogens is 2. The van der Waals surface area contributed by atoms with Crippen LogP contribution in [0.15, 0.2) is 48.8 Å². The quantitative estimate of drug-likeness (QED) is 0.101. The number of nitrogens with zero attached hydrogens (tertiary/aromatic N) is 3. The molecule has 2 aromatic heterocycles. The van der Waals surface area contributed by atoms with Gasteiger partial charge in [0, 0.05) is 24.4 Å². The SMILES string of the molecule is COC(=O)NC(C(=O)NC1CCCC1Cc1ncc(-c2ccc3c(c2)C(C)(C)c2cc(-c4cnc(C5CCCN5C(=O)C(NC(=O)OC)C(C)C)[nH]4)ccc2-3)[nH]1)C(C)C. The highest BCUT2D eigenvalue weighted by Gasteiger charge is 2.39. The average Bonchev–Trinajstić information content (AvgIpc) is 4.07. The number of aromatic nitrogens is 4. The van der Waals surface area contributed by atoms with Gasteiger partial charge in [-0.3, -0.25) is 9.59 Å². The lowest BCUT2D eigenvalue weighted by Gasteiger charge is -2.30. The van der Waals surface area contributed by atoms with Gasteiger partial charge in [-0.25, -0.2) is 19.6 Å². The molecule has 0 bridgehead atoms. The fourth-order valence-corrected chi connectivity index (χ4v) is 9.24. The number of amides is 4. The number of ether oxygens (including phenoxy) is 2. The molecule has 5 atom stereocenters. The smallest absolute Gasteiger partial charge is 0.407 e. The van der Waals surface area contributed by atoms with Crippen molar-refractivity contribution < 1.29 is 28.7 Å². The minimum atomic E-state index is -0.692. The molecule has 1 aliphatic heterocycles. The molecular weight excluding hydrogens is 749 g/mol. The standard InChI is InChI=1S/C45H58N8O6/c1-24(2)38(51-43(56)58-7)41(54)50-33-12-9-11-26(33)21-37-46-22-34(48-37)27-14-16-29-30-17-15-28(20-32(30)45(5,6)31(29)19-27)35-23-47-40(49-35)36-13-10-18-53(36)42(55)39(25(3)4)52-44(57)59-8/h14-17,19-20,22-26,33,36,38-39H,9-13,18,21H2,1-8H3,(H,46,48)(H,47,49)(H,50,54)(H,51,56)(H,52,57). The third kappa shape index (κ3) is 8.31. The van der Waals surface area contributed by atoms with Crippen LogP contribution in [0.5, 0.6) is 0 Å². The lowest BCUT2D eigenvalue weighted by Crippen LogP contribution is -2.52. The second-order valence-electron chi connectivity index (χ2n) is 17.5. The zero-order valence-electron chi connectivity index (χ0n) is 35.4. The molecule has 5 unspecified atom stereocenters. The van der Waals surface area contributed by atoms with Crippen LogP contribution in [-0.4, -0.2) is 87.7 Å². The Hall–Kier alpha value is -5.66. The number of carbonyl (C=O) groups excluding carboxylic acids is 4. The van der Waals surface area contributed by atoms with E-state index in [-0.39, 0.29) is 47.1 Å². The first-order valence-electron chi connectivity index (χ1n) is 20.9. The van der Waals surface area contributed by atoms with E-state index >= 15 is 0 Å². The lowest BCUT2D eigenvalue weighted by molar-refractivity contribution is -0.135. The van der Waals surface area contributed by atoms with Crippen LogP contribution in [0.2, 0.25) is 0 Å². The summed E-state index contributed by atoms with van der Waals surface area (Å²) in [6, 6.07) is 11.6. The Kier molecular flexibility index (Phi) is 11.9. The van der Waals surface area contributed by atoms with Crippen LogP contribution in [0, 0.1) is 17.8 Å². The van der Waals surface area contributed by atoms with Gasteiger partial charge in [0.05, 0.1) is 44.0 Å². The van der Waals surface area contributed by atoms with Crippen LogP contribution in [0.25, 0.3) is 33.6 Å². The number of imidazole rings is 2. The number of rotatable bonds is 12. The number of likely N-dealkylation sites (tertiary alicyclic amines) is 1. The number of aromatic amines is 2. The van der Waals surface area contributed by atoms with Crippen LogP contribution in [-0.2, 0) is 30.9 Å². The van der Waals surface area contributed by atoms with E-state index in [1.807, 2.05) is 45.0 Å². The molecule has 2 aliphatic carbocycles. The molecule has 4 amide bonds. The highest BCUT2D eigenvalue weighted by atomic mass is 16.5. The van der Waals surface area contributed by atoms with E-state index in [1.165, 1.54) is 36.5 Å². The maximum absolute atomic E-state index is 13.7. The predicted octanol–water partition coefficient (Wildman–Crippen LogP) is 7.03. The molecule has 14 heteroatoms. The van der Waals surface area contributed by atoms with Crippen molar-refractivity contribution in [1.82, 2.24) is 40.8 Å². The zero-order chi connectivity index (χ0) is 42.2. The van der Waals surface area contributed by atoms with Gasteiger partial charge in [-0.15, -0.1) is 0 Å². The van der Waals surface area contributed by atoms with Gasteiger partial charge in [-0.1, -0.05) is 72.2 Å². The molecule has 314 valence electrons. The fourth-order valence-electron chi connectivity index (χ4n) is 9.24. The van der Waals surface area contributed by atoms with E-state index in [9.17, 15) is 19.2 Å². The fraction of sp³-hybridized carbons (Fsp3) is 0.511. The monoisotopic (exact) mass is 806 g/mol. The summed E-state index contributed by atoms with van der Waals surface area (Å²) in [7, 11) is 2.59. The summed E-state index contributed by atoms with van der Waals surface area (Å²) in [4.78, 5) is 69.3. The van der Waals surface area contributed by atoms with Crippen molar-refractivity contribution >= 4 is 24.0 Å².